The third kappa shape index (κ3) is 4.37. The van der Waals surface area contributed by atoms with E-state index >= 15 is 0 Å². The molecule has 0 aromatic heterocycles. The average molecular weight is 327 g/mol. The first-order valence-electron chi connectivity index (χ1n) is 6.41. The quantitative estimate of drug-likeness (QED) is 0.663. The number of anilines is 1. The van der Waals surface area contributed by atoms with Crippen LogP contribution in [0.5, 0.6) is 17.2 Å². The summed E-state index contributed by atoms with van der Waals surface area (Å²) in [4.78, 5) is 0. The van der Waals surface area contributed by atoms with Crippen molar-refractivity contribution in [3.8, 4) is 29.4 Å². The predicted octanol–water partition coefficient (Wildman–Crippen LogP) is 3.96. The molecule has 0 fully saturated rings. The number of hydrogen-bond acceptors (Lipinski definition) is 6. The summed E-state index contributed by atoms with van der Waals surface area (Å²) < 4.78 is 10.8. The van der Waals surface area contributed by atoms with Crippen LogP contribution in [0.1, 0.15) is 0 Å². The Labute approximate surface area is 138 Å². The highest BCUT2D eigenvalue weighted by Crippen LogP contribution is 2.32. The molecule has 114 valence electrons. The van der Waals surface area contributed by atoms with Gasteiger partial charge in [0.25, 0.3) is 0 Å². The summed E-state index contributed by atoms with van der Waals surface area (Å²) in [6.45, 7) is 0. The molecule has 0 spiro atoms. The molecular weight excluding hydrogens is 316 g/mol. The lowest BCUT2D eigenvalue weighted by Crippen LogP contribution is -1.96. The molecule has 2 aromatic carbocycles. The molecule has 0 heterocycles. The van der Waals surface area contributed by atoms with E-state index in [1.165, 1.54) is 0 Å². The van der Waals surface area contributed by atoms with Gasteiger partial charge in [-0.15, -0.1) is 0 Å². The molecule has 0 aliphatic carbocycles. The van der Waals surface area contributed by atoms with Crippen molar-refractivity contribution in [2.45, 2.75) is 0 Å². The molecule has 0 aliphatic heterocycles. The lowest BCUT2D eigenvalue weighted by atomic mass is 10.3. The van der Waals surface area contributed by atoms with Crippen LogP contribution >= 0.6 is 11.6 Å². The lowest BCUT2D eigenvalue weighted by Gasteiger charge is -2.09. The van der Waals surface area contributed by atoms with E-state index in [1.54, 1.807) is 61.7 Å². The Morgan fingerprint density at radius 3 is 2.30 bits per heavy atom. The van der Waals surface area contributed by atoms with Crippen molar-refractivity contribution in [3.63, 3.8) is 0 Å². The van der Waals surface area contributed by atoms with Gasteiger partial charge in [0, 0.05) is 0 Å². The number of nitriles is 2. The molecule has 0 atom stereocenters. The molecule has 1 N–H and O–H groups in total. The molecule has 0 aliphatic rings. The summed E-state index contributed by atoms with van der Waals surface area (Å²) in [5, 5.41) is 21.2. The zero-order chi connectivity index (χ0) is 16.7. The average Bonchev–Trinajstić information content (AvgIpc) is 2.58. The molecular formula is C16H11ClN4O2. The van der Waals surface area contributed by atoms with Crippen molar-refractivity contribution in [3.05, 3.63) is 47.5 Å². The largest absolute Gasteiger partial charge is 0.497 e. The fraction of sp³-hybridized carbons (Fsp3) is 0.0625. The second-order valence-corrected chi connectivity index (χ2v) is 4.63. The summed E-state index contributed by atoms with van der Waals surface area (Å²) in [5.74, 6) is 1.81. The zero-order valence-electron chi connectivity index (χ0n) is 12.1. The van der Waals surface area contributed by atoms with Crippen LogP contribution in [0.2, 0.25) is 5.02 Å². The fourth-order valence-corrected chi connectivity index (χ4v) is 1.84. The van der Waals surface area contributed by atoms with Crippen molar-refractivity contribution in [2.24, 2.45) is 5.10 Å². The maximum atomic E-state index is 8.61. The van der Waals surface area contributed by atoms with Crippen molar-refractivity contribution in [1.29, 1.82) is 10.5 Å². The van der Waals surface area contributed by atoms with Crippen molar-refractivity contribution >= 4 is 23.0 Å². The number of benzene rings is 2. The van der Waals surface area contributed by atoms with E-state index < -0.39 is 0 Å². The van der Waals surface area contributed by atoms with Crippen LogP contribution in [-0.4, -0.2) is 12.8 Å². The number of nitrogens with zero attached hydrogens (tertiary/aromatic N) is 3. The van der Waals surface area contributed by atoms with E-state index in [2.05, 4.69) is 10.5 Å². The molecule has 6 nitrogen and oxygen atoms in total. The van der Waals surface area contributed by atoms with Gasteiger partial charge in [0.05, 0.1) is 17.8 Å². The number of ether oxygens (including phenoxy) is 2. The minimum Gasteiger partial charge on any atom is -0.497 e. The van der Waals surface area contributed by atoms with Gasteiger partial charge >= 0.3 is 0 Å². The molecule has 23 heavy (non-hydrogen) atoms. The third-order valence-electron chi connectivity index (χ3n) is 2.73. The summed E-state index contributed by atoms with van der Waals surface area (Å²) in [6, 6.07) is 15.3. The van der Waals surface area contributed by atoms with Gasteiger partial charge in [-0.05, 0) is 42.5 Å². The van der Waals surface area contributed by atoms with Crippen LogP contribution in [0.15, 0.2) is 47.6 Å². The number of rotatable bonds is 5. The number of halogens is 1. The van der Waals surface area contributed by atoms with Crippen LogP contribution in [0.3, 0.4) is 0 Å². The second-order valence-electron chi connectivity index (χ2n) is 4.22. The predicted molar refractivity (Wildman–Crippen MR) is 86.8 cm³/mol. The van der Waals surface area contributed by atoms with Crippen LogP contribution in [0.25, 0.3) is 0 Å². The Balaban J connectivity index is 2.11. The minimum atomic E-state index is -0.278. The lowest BCUT2D eigenvalue weighted by molar-refractivity contribution is 0.413. The first-order chi connectivity index (χ1) is 11.2. The van der Waals surface area contributed by atoms with Gasteiger partial charge in [-0.2, -0.15) is 15.6 Å². The fourth-order valence-electron chi connectivity index (χ4n) is 1.62. The van der Waals surface area contributed by atoms with Gasteiger partial charge in [-0.3, -0.25) is 5.43 Å². The van der Waals surface area contributed by atoms with Gasteiger partial charge in [-0.25, -0.2) is 0 Å². The Morgan fingerprint density at radius 1 is 1.09 bits per heavy atom. The molecule has 2 rings (SSSR count). The van der Waals surface area contributed by atoms with Crippen molar-refractivity contribution in [2.75, 3.05) is 12.5 Å². The minimum absolute atomic E-state index is 0.278. The SMILES string of the molecule is COc1ccc(Oc2ccc(NN=C(C#N)C#N)cc2Cl)cc1. The molecule has 0 unspecified atom stereocenters. The Kier molecular flexibility index (Phi) is 5.40. The number of methoxy groups -OCH3 is 1. The van der Waals surface area contributed by atoms with Gasteiger partial charge in [0.1, 0.15) is 29.4 Å². The van der Waals surface area contributed by atoms with E-state index in [0.717, 1.165) is 5.75 Å². The maximum Gasteiger partial charge on any atom is 0.237 e. The standard InChI is InChI=1S/C16H11ClN4O2/c1-22-13-3-5-14(6-4-13)23-16-7-2-11(8-15(16)17)20-21-12(9-18)10-19/h2-8,20H,1H3. The van der Waals surface area contributed by atoms with E-state index in [0.29, 0.717) is 22.2 Å². The zero-order valence-corrected chi connectivity index (χ0v) is 12.8. The monoisotopic (exact) mass is 326 g/mol. The van der Waals surface area contributed by atoms with Crippen molar-refractivity contribution in [1.82, 2.24) is 0 Å². The van der Waals surface area contributed by atoms with Crippen LogP contribution in [0, 0.1) is 22.7 Å². The molecule has 0 saturated carbocycles. The summed E-state index contributed by atoms with van der Waals surface area (Å²) in [7, 11) is 1.59. The van der Waals surface area contributed by atoms with E-state index in [4.69, 9.17) is 31.6 Å². The Bertz CT molecular complexity index is 788. The number of hydrazone groups is 1. The van der Waals surface area contributed by atoms with E-state index in [1.807, 2.05) is 0 Å². The highest BCUT2D eigenvalue weighted by molar-refractivity contribution is 6.32. The molecule has 0 radical (unpaired) electrons. The van der Waals surface area contributed by atoms with E-state index in [-0.39, 0.29) is 5.71 Å². The summed E-state index contributed by atoms with van der Waals surface area (Å²) >= 11 is 6.15. The summed E-state index contributed by atoms with van der Waals surface area (Å²) in [6.07, 6.45) is 0. The number of nitrogens with one attached hydrogen (secondary N) is 1. The molecule has 0 bridgehead atoms. The van der Waals surface area contributed by atoms with Crippen molar-refractivity contribution < 1.29 is 9.47 Å². The first-order valence-corrected chi connectivity index (χ1v) is 6.79. The Hall–Kier alpha value is -3.22. The topological polar surface area (TPSA) is 90.4 Å². The van der Waals surface area contributed by atoms with Gasteiger partial charge in [0.15, 0.2) is 0 Å². The van der Waals surface area contributed by atoms with Crippen LogP contribution in [-0.2, 0) is 0 Å². The Morgan fingerprint density at radius 2 is 1.74 bits per heavy atom. The van der Waals surface area contributed by atoms with Crippen LogP contribution in [0.4, 0.5) is 5.69 Å². The second kappa shape index (κ2) is 7.69. The van der Waals surface area contributed by atoms with Gasteiger partial charge in [-0.1, -0.05) is 11.6 Å². The third-order valence-corrected chi connectivity index (χ3v) is 3.02. The molecule has 7 heteroatoms. The maximum absolute atomic E-state index is 8.61. The molecule has 0 amide bonds. The molecule has 2 aromatic rings. The van der Waals surface area contributed by atoms with Gasteiger partial charge in [0.2, 0.25) is 5.71 Å². The highest BCUT2D eigenvalue weighted by atomic mass is 35.5. The smallest absolute Gasteiger partial charge is 0.237 e. The normalized spacial score (nSPS) is 9.22. The molecule has 0 saturated heterocycles. The highest BCUT2D eigenvalue weighted by Gasteiger charge is 2.05. The summed E-state index contributed by atoms with van der Waals surface area (Å²) in [5.41, 5.74) is 2.83. The first kappa shape index (κ1) is 16.2. The van der Waals surface area contributed by atoms with E-state index in [9.17, 15) is 0 Å². The van der Waals surface area contributed by atoms with Gasteiger partial charge < -0.3 is 9.47 Å². The number of hydrogen-bond donors (Lipinski definition) is 1. The van der Waals surface area contributed by atoms with Crippen LogP contribution < -0.4 is 14.9 Å².